The van der Waals surface area contributed by atoms with Gasteiger partial charge < -0.3 is 9.84 Å². The second-order valence-corrected chi connectivity index (χ2v) is 3.90. The lowest BCUT2D eigenvalue weighted by Crippen LogP contribution is -2.11. The van der Waals surface area contributed by atoms with E-state index in [0.29, 0.717) is 28.2 Å². The van der Waals surface area contributed by atoms with Crippen LogP contribution in [0.3, 0.4) is 0 Å². The molecule has 0 spiro atoms. The SMILES string of the molecule is CCOC(=O)Cc1c(C#N)cc(S)cc1CO. The number of nitrogens with zero attached hydrogens (tertiary/aromatic N) is 1. The number of aliphatic hydroxyl groups is 1. The van der Waals surface area contributed by atoms with Gasteiger partial charge in [-0.25, -0.2) is 0 Å². The summed E-state index contributed by atoms with van der Waals surface area (Å²) in [6.07, 6.45) is -0.0132. The van der Waals surface area contributed by atoms with Crippen molar-refractivity contribution in [1.82, 2.24) is 0 Å². The van der Waals surface area contributed by atoms with Crippen LogP contribution in [0.15, 0.2) is 17.0 Å². The Morgan fingerprint density at radius 1 is 1.59 bits per heavy atom. The molecule has 0 aliphatic carbocycles. The number of thiol groups is 1. The molecule has 4 nitrogen and oxygen atoms in total. The average molecular weight is 251 g/mol. The van der Waals surface area contributed by atoms with E-state index >= 15 is 0 Å². The largest absolute Gasteiger partial charge is 0.466 e. The highest BCUT2D eigenvalue weighted by molar-refractivity contribution is 7.80. The molecule has 17 heavy (non-hydrogen) atoms. The molecule has 0 aromatic heterocycles. The third kappa shape index (κ3) is 3.48. The number of hydrogen-bond acceptors (Lipinski definition) is 5. The van der Waals surface area contributed by atoms with Gasteiger partial charge in [0.25, 0.3) is 0 Å². The highest BCUT2D eigenvalue weighted by Crippen LogP contribution is 2.21. The molecule has 0 heterocycles. The molecule has 0 fully saturated rings. The second-order valence-electron chi connectivity index (χ2n) is 3.38. The molecule has 1 N–H and O–H groups in total. The standard InChI is InChI=1S/C12H13NO3S/c1-2-16-12(15)5-11-8(6-13)3-10(17)4-9(11)7-14/h3-4,14,17H,2,5,7H2,1H3. The molecule has 1 aromatic rings. The predicted octanol–water partition coefficient (Wildman–Crippen LogP) is 1.44. The summed E-state index contributed by atoms with van der Waals surface area (Å²) in [6.45, 7) is 1.77. The van der Waals surface area contributed by atoms with Gasteiger partial charge in [-0.15, -0.1) is 12.6 Å². The van der Waals surface area contributed by atoms with E-state index in [0.717, 1.165) is 0 Å². The molecule has 0 unspecified atom stereocenters. The zero-order chi connectivity index (χ0) is 12.8. The van der Waals surface area contributed by atoms with Crippen LogP contribution < -0.4 is 0 Å². The predicted molar refractivity (Wildman–Crippen MR) is 64.7 cm³/mol. The van der Waals surface area contributed by atoms with Crippen LogP contribution in [0, 0.1) is 11.3 Å². The molecule has 0 aliphatic heterocycles. The fourth-order valence-corrected chi connectivity index (χ4v) is 1.81. The fraction of sp³-hybridized carbons (Fsp3) is 0.333. The molecule has 1 aromatic carbocycles. The Balaban J connectivity index is 3.12. The third-order valence-electron chi connectivity index (χ3n) is 2.24. The smallest absolute Gasteiger partial charge is 0.310 e. The minimum absolute atomic E-state index is 0.0132. The van der Waals surface area contributed by atoms with Crippen molar-refractivity contribution in [1.29, 1.82) is 5.26 Å². The number of ether oxygens (including phenoxy) is 1. The van der Waals surface area contributed by atoms with E-state index in [-0.39, 0.29) is 13.0 Å². The van der Waals surface area contributed by atoms with Crippen molar-refractivity contribution in [2.45, 2.75) is 24.8 Å². The zero-order valence-corrected chi connectivity index (χ0v) is 10.3. The topological polar surface area (TPSA) is 70.3 Å². The fourth-order valence-electron chi connectivity index (χ4n) is 1.52. The quantitative estimate of drug-likeness (QED) is 0.627. The Morgan fingerprint density at radius 2 is 2.29 bits per heavy atom. The van der Waals surface area contributed by atoms with E-state index < -0.39 is 5.97 Å². The van der Waals surface area contributed by atoms with Crippen molar-refractivity contribution in [3.63, 3.8) is 0 Å². The van der Waals surface area contributed by atoms with Crippen LogP contribution in [0.25, 0.3) is 0 Å². The number of esters is 1. The first-order valence-corrected chi connectivity index (χ1v) is 5.58. The average Bonchev–Trinajstić information content (AvgIpc) is 2.31. The zero-order valence-electron chi connectivity index (χ0n) is 9.43. The number of rotatable bonds is 4. The molecule has 0 amide bonds. The van der Waals surface area contributed by atoms with Crippen LogP contribution in [-0.4, -0.2) is 17.7 Å². The van der Waals surface area contributed by atoms with Crippen molar-refractivity contribution in [2.75, 3.05) is 6.61 Å². The lowest BCUT2D eigenvalue weighted by molar-refractivity contribution is -0.142. The number of carbonyl (C=O) groups is 1. The molecule has 0 saturated carbocycles. The lowest BCUT2D eigenvalue weighted by atomic mass is 9.99. The summed E-state index contributed by atoms with van der Waals surface area (Å²) in [5, 5.41) is 18.2. The van der Waals surface area contributed by atoms with E-state index in [2.05, 4.69) is 12.6 Å². The van der Waals surface area contributed by atoms with Gasteiger partial charge in [0.1, 0.15) is 0 Å². The summed E-state index contributed by atoms with van der Waals surface area (Å²) in [5.74, 6) is -0.411. The van der Waals surface area contributed by atoms with Gasteiger partial charge in [-0.2, -0.15) is 5.26 Å². The van der Waals surface area contributed by atoms with Gasteiger partial charge in [-0.05, 0) is 30.2 Å². The maximum Gasteiger partial charge on any atom is 0.310 e. The number of hydrogen-bond donors (Lipinski definition) is 2. The Hall–Kier alpha value is -1.51. The highest BCUT2D eigenvalue weighted by atomic mass is 32.1. The van der Waals surface area contributed by atoms with Gasteiger partial charge in [0.05, 0.1) is 31.3 Å². The van der Waals surface area contributed by atoms with Gasteiger partial charge in [0.2, 0.25) is 0 Å². The Bertz CT molecular complexity index is 466. The second kappa shape index (κ2) is 6.28. The summed E-state index contributed by atoms with van der Waals surface area (Å²) in [5.41, 5.74) is 1.38. The molecule has 0 radical (unpaired) electrons. The normalized spacial score (nSPS) is 9.76. The number of nitriles is 1. The van der Waals surface area contributed by atoms with Gasteiger partial charge in [0, 0.05) is 4.90 Å². The Labute approximate surface area is 105 Å². The van der Waals surface area contributed by atoms with Gasteiger partial charge in [-0.1, -0.05) is 0 Å². The van der Waals surface area contributed by atoms with E-state index in [1.165, 1.54) is 0 Å². The van der Waals surface area contributed by atoms with Crippen LogP contribution in [0.2, 0.25) is 0 Å². The van der Waals surface area contributed by atoms with Crippen molar-refractivity contribution < 1.29 is 14.6 Å². The summed E-state index contributed by atoms with van der Waals surface area (Å²) >= 11 is 4.13. The Morgan fingerprint density at radius 3 is 2.82 bits per heavy atom. The molecular weight excluding hydrogens is 238 g/mol. The van der Waals surface area contributed by atoms with E-state index in [4.69, 9.17) is 10.00 Å². The number of carbonyl (C=O) groups excluding carboxylic acids is 1. The molecule has 0 aliphatic rings. The minimum Gasteiger partial charge on any atom is -0.466 e. The molecule has 1 rings (SSSR count). The van der Waals surface area contributed by atoms with Crippen molar-refractivity contribution >= 4 is 18.6 Å². The monoisotopic (exact) mass is 251 g/mol. The van der Waals surface area contributed by atoms with Crippen LogP contribution in [0.5, 0.6) is 0 Å². The summed E-state index contributed by atoms with van der Waals surface area (Å²) in [7, 11) is 0. The first-order chi connectivity index (χ1) is 8.12. The van der Waals surface area contributed by atoms with Crippen LogP contribution in [0.1, 0.15) is 23.6 Å². The first-order valence-electron chi connectivity index (χ1n) is 5.13. The minimum atomic E-state index is -0.411. The summed E-state index contributed by atoms with van der Waals surface area (Å²) in [6, 6.07) is 5.19. The highest BCUT2D eigenvalue weighted by Gasteiger charge is 2.14. The van der Waals surface area contributed by atoms with E-state index in [9.17, 15) is 9.90 Å². The molecule has 5 heteroatoms. The van der Waals surface area contributed by atoms with Gasteiger partial charge in [0.15, 0.2) is 0 Å². The van der Waals surface area contributed by atoms with Gasteiger partial charge >= 0.3 is 5.97 Å². The Kier molecular flexibility index (Phi) is 5.01. The molecule has 90 valence electrons. The molecule has 0 saturated heterocycles. The van der Waals surface area contributed by atoms with Crippen molar-refractivity contribution in [2.24, 2.45) is 0 Å². The number of aliphatic hydroxyl groups excluding tert-OH is 1. The summed E-state index contributed by atoms with van der Waals surface area (Å²) in [4.78, 5) is 12.0. The molecular formula is C12H13NO3S. The first kappa shape index (κ1) is 13.6. The molecule has 0 bridgehead atoms. The van der Waals surface area contributed by atoms with E-state index in [1.807, 2.05) is 6.07 Å². The van der Waals surface area contributed by atoms with Crippen LogP contribution in [0.4, 0.5) is 0 Å². The number of benzene rings is 1. The molecule has 0 atom stereocenters. The van der Waals surface area contributed by atoms with Gasteiger partial charge in [-0.3, -0.25) is 4.79 Å². The van der Waals surface area contributed by atoms with Crippen molar-refractivity contribution in [3.8, 4) is 6.07 Å². The maximum absolute atomic E-state index is 11.4. The third-order valence-corrected chi connectivity index (χ3v) is 2.50. The van der Waals surface area contributed by atoms with Crippen molar-refractivity contribution in [3.05, 3.63) is 28.8 Å². The maximum atomic E-state index is 11.4. The van der Waals surface area contributed by atoms with Crippen LogP contribution in [-0.2, 0) is 22.6 Å². The van der Waals surface area contributed by atoms with Crippen LogP contribution >= 0.6 is 12.6 Å². The van der Waals surface area contributed by atoms with E-state index in [1.54, 1.807) is 19.1 Å². The lowest BCUT2D eigenvalue weighted by Gasteiger charge is -2.10. The summed E-state index contributed by atoms with van der Waals surface area (Å²) < 4.78 is 4.83.